The molecule has 53 heavy (non-hydrogen) atoms. The normalized spacial score (nSPS) is 14.2. The van der Waals surface area contributed by atoms with Crippen LogP contribution in [0.4, 0.5) is 0 Å². The number of aliphatic imine (C=N–C) groups is 2. The van der Waals surface area contributed by atoms with Crippen LogP contribution in [0, 0.1) is 0 Å². The van der Waals surface area contributed by atoms with E-state index in [1.807, 2.05) is 30.3 Å². The number of nitrogens with one attached hydrogen (secondary N) is 1. The summed E-state index contributed by atoms with van der Waals surface area (Å²) in [5.74, 6) is 1.47. The Kier molecular flexibility index (Phi) is 7.51. The average molecular weight is 680 g/mol. The molecule has 1 N–H and O–H groups in total. The smallest absolute Gasteiger partial charge is 0.159 e. The summed E-state index contributed by atoms with van der Waals surface area (Å²) >= 11 is 0. The first kappa shape index (κ1) is 30.8. The molecule has 8 aromatic carbocycles. The Bertz CT molecular complexity index is 2850. The quantitative estimate of drug-likeness (QED) is 0.190. The molecule has 0 saturated heterocycles. The monoisotopic (exact) mass is 679 g/mol. The maximum Gasteiger partial charge on any atom is 0.159 e. The van der Waals surface area contributed by atoms with Gasteiger partial charge in [0, 0.05) is 33.0 Å². The van der Waals surface area contributed by atoms with E-state index in [0.29, 0.717) is 5.84 Å². The van der Waals surface area contributed by atoms with Crippen molar-refractivity contribution >= 4 is 44.4 Å². The van der Waals surface area contributed by atoms with Crippen LogP contribution in [0.15, 0.2) is 202 Å². The Balaban J connectivity index is 1.09. The number of amidine groups is 2. The number of nitrogens with zero attached hydrogens (tertiary/aromatic N) is 2. The van der Waals surface area contributed by atoms with Gasteiger partial charge < -0.3 is 9.73 Å². The third-order valence-corrected chi connectivity index (χ3v) is 10.1. The van der Waals surface area contributed by atoms with E-state index in [1.165, 1.54) is 27.6 Å². The second-order valence-corrected chi connectivity index (χ2v) is 13.4. The molecule has 250 valence electrons. The second-order valence-electron chi connectivity index (χ2n) is 13.4. The zero-order valence-electron chi connectivity index (χ0n) is 28.8. The summed E-state index contributed by atoms with van der Waals surface area (Å²) in [4.78, 5) is 10.4. The average Bonchev–Trinajstić information content (AvgIpc) is 3.63. The Morgan fingerprint density at radius 3 is 1.77 bits per heavy atom. The fourth-order valence-electron chi connectivity index (χ4n) is 7.50. The van der Waals surface area contributed by atoms with Crippen LogP contribution in [-0.4, -0.2) is 11.7 Å². The fourth-order valence-corrected chi connectivity index (χ4v) is 7.50. The summed E-state index contributed by atoms with van der Waals surface area (Å²) in [5.41, 5.74) is 11.6. The van der Waals surface area contributed by atoms with Crippen molar-refractivity contribution in [2.75, 3.05) is 0 Å². The molecule has 0 amide bonds. The molecule has 1 unspecified atom stereocenters. The molecular weight excluding hydrogens is 647 g/mol. The van der Waals surface area contributed by atoms with Crippen LogP contribution < -0.4 is 5.32 Å². The molecule has 4 heteroatoms. The molecule has 0 saturated carbocycles. The lowest BCUT2D eigenvalue weighted by molar-refractivity contribution is 0.663. The van der Waals surface area contributed by atoms with Gasteiger partial charge in [0.15, 0.2) is 5.84 Å². The van der Waals surface area contributed by atoms with Gasteiger partial charge in [-0.15, -0.1) is 0 Å². The van der Waals surface area contributed by atoms with Crippen molar-refractivity contribution in [2.45, 2.75) is 6.17 Å². The maximum atomic E-state index is 6.72. The summed E-state index contributed by atoms with van der Waals surface area (Å²) in [5, 5.41) is 8.11. The molecule has 0 aliphatic carbocycles. The lowest BCUT2D eigenvalue weighted by Crippen LogP contribution is -2.33. The van der Waals surface area contributed by atoms with E-state index in [1.54, 1.807) is 0 Å². The number of hydrogen-bond acceptors (Lipinski definition) is 4. The molecule has 1 aromatic heterocycles. The largest absolute Gasteiger partial charge is 0.455 e. The van der Waals surface area contributed by atoms with Crippen molar-refractivity contribution in [1.82, 2.24) is 5.32 Å². The van der Waals surface area contributed by atoms with Crippen molar-refractivity contribution in [2.24, 2.45) is 9.98 Å². The number of benzene rings is 8. The first-order chi connectivity index (χ1) is 26.2. The highest BCUT2D eigenvalue weighted by Gasteiger charge is 2.25. The lowest BCUT2D eigenvalue weighted by atomic mass is 9.96. The van der Waals surface area contributed by atoms with Crippen LogP contribution in [0.25, 0.3) is 66.1 Å². The van der Waals surface area contributed by atoms with Gasteiger partial charge in [-0.2, -0.15) is 0 Å². The van der Waals surface area contributed by atoms with E-state index in [0.717, 1.165) is 61.0 Å². The molecule has 1 aliphatic rings. The molecule has 2 heterocycles. The van der Waals surface area contributed by atoms with Gasteiger partial charge in [-0.05, 0) is 62.9 Å². The highest BCUT2D eigenvalue weighted by atomic mass is 16.3. The van der Waals surface area contributed by atoms with E-state index in [4.69, 9.17) is 14.4 Å². The summed E-state index contributed by atoms with van der Waals surface area (Å²) in [7, 11) is 0. The topological polar surface area (TPSA) is 49.9 Å². The van der Waals surface area contributed by atoms with Gasteiger partial charge in [0.05, 0.1) is 0 Å². The minimum Gasteiger partial charge on any atom is -0.455 e. The number of hydrogen-bond donors (Lipinski definition) is 1. The van der Waals surface area contributed by atoms with Gasteiger partial charge >= 0.3 is 0 Å². The molecule has 0 radical (unpaired) electrons. The summed E-state index contributed by atoms with van der Waals surface area (Å²) in [6.45, 7) is 0. The Morgan fingerprint density at radius 2 is 1.04 bits per heavy atom. The van der Waals surface area contributed by atoms with Crippen LogP contribution in [0.2, 0.25) is 0 Å². The molecule has 4 nitrogen and oxygen atoms in total. The molecule has 1 aliphatic heterocycles. The predicted octanol–water partition coefficient (Wildman–Crippen LogP) is 12.2. The van der Waals surface area contributed by atoms with Crippen molar-refractivity contribution in [3.8, 4) is 33.4 Å². The molecule has 10 rings (SSSR count). The molecule has 0 fully saturated rings. The summed E-state index contributed by atoms with van der Waals surface area (Å²) in [6, 6.07) is 65.7. The lowest BCUT2D eigenvalue weighted by Gasteiger charge is -2.24. The van der Waals surface area contributed by atoms with Crippen molar-refractivity contribution < 1.29 is 4.42 Å². The SMILES string of the molecule is c1ccc(C2=NC(c3ccc4cc(-c5ccccc5)ccc4c3)=NC(c3cccc4oc5c(-c6cccc(-c7ccccc7)c6)cccc5c34)N2)cc1. The predicted molar refractivity (Wildman–Crippen MR) is 219 cm³/mol. The number of para-hydroxylation sites is 1. The molecule has 0 spiro atoms. The zero-order chi connectivity index (χ0) is 35.1. The first-order valence-electron chi connectivity index (χ1n) is 17.9. The van der Waals surface area contributed by atoms with E-state index in [9.17, 15) is 0 Å². The standard InChI is InChI=1S/C49H33N3O/c1-4-13-32(14-5-1)35-19-10-20-39(30-35)41-21-11-22-42-45-43(23-12-24-44(45)53-46(41)42)49-51-47(34-17-8-3-9-18-34)50-48(52-49)40-28-27-37-29-36(25-26-38(37)31-40)33-15-6-2-7-16-33/h1-31,49H,(H,50,51,52). The van der Waals surface area contributed by atoms with Crippen LogP contribution >= 0.6 is 0 Å². The highest BCUT2D eigenvalue weighted by molar-refractivity contribution is 6.15. The number of rotatable bonds is 6. The third kappa shape index (κ3) is 5.67. The number of fused-ring (bicyclic) bond motifs is 4. The van der Waals surface area contributed by atoms with E-state index in [2.05, 4.69) is 163 Å². The first-order valence-corrected chi connectivity index (χ1v) is 17.9. The highest BCUT2D eigenvalue weighted by Crippen LogP contribution is 2.40. The van der Waals surface area contributed by atoms with Gasteiger partial charge in [-0.3, -0.25) is 0 Å². The summed E-state index contributed by atoms with van der Waals surface area (Å²) in [6.07, 6.45) is -0.400. The third-order valence-electron chi connectivity index (χ3n) is 10.1. The van der Waals surface area contributed by atoms with Crippen LogP contribution in [0.3, 0.4) is 0 Å². The van der Waals surface area contributed by atoms with Crippen molar-refractivity contribution in [1.29, 1.82) is 0 Å². The summed E-state index contributed by atoms with van der Waals surface area (Å²) < 4.78 is 6.72. The van der Waals surface area contributed by atoms with Crippen molar-refractivity contribution in [3.05, 3.63) is 205 Å². The van der Waals surface area contributed by atoms with Crippen LogP contribution in [0.5, 0.6) is 0 Å². The maximum absolute atomic E-state index is 6.72. The van der Waals surface area contributed by atoms with Crippen LogP contribution in [0.1, 0.15) is 22.9 Å². The molecule has 1 atom stereocenters. The fraction of sp³-hybridized carbons (Fsp3) is 0.0204. The van der Waals surface area contributed by atoms with Crippen LogP contribution in [-0.2, 0) is 0 Å². The number of furan rings is 1. The molecular formula is C49H33N3O. The second kappa shape index (κ2) is 12.9. The molecule has 0 bridgehead atoms. The van der Waals surface area contributed by atoms with Gasteiger partial charge in [0.2, 0.25) is 0 Å². The van der Waals surface area contributed by atoms with E-state index < -0.39 is 6.17 Å². The van der Waals surface area contributed by atoms with Gasteiger partial charge in [-0.1, -0.05) is 164 Å². The zero-order valence-corrected chi connectivity index (χ0v) is 28.8. The van der Waals surface area contributed by atoms with E-state index in [-0.39, 0.29) is 0 Å². The Hall–Kier alpha value is -7.04. The van der Waals surface area contributed by atoms with Gasteiger partial charge in [0.25, 0.3) is 0 Å². The van der Waals surface area contributed by atoms with Crippen molar-refractivity contribution in [3.63, 3.8) is 0 Å². The van der Waals surface area contributed by atoms with Gasteiger partial charge in [0.1, 0.15) is 23.2 Å². The van der Waals surface area contributed by atoms with E-state index >= 15 is 0 Å². The van der Waals surface area contributed by atoms with Gasteiger partial charge in [-0.25, -0.2) is 9.98 Å². The minimum atomic E-state index is -0.400. The molecule has 9 aromatic rings. The Morgan fingerprint density at radius 1 is 0.453 bits per heavy atom. The Labute approximate surface area is 307 Å². The minimum absolute atomic E-state index is 0.400.